The molecule has 0 saturated carbocycles. The molecule has 1 aromatic heterocycles. The first-order valence-electron chi connectivity index (χ1n) is 5.75. The summed E-state index contributed by atoms with van der Waals surface area (Å²) >= 11 is 3.26. The highest BCUT2D eigenvalue weighted by Crippen LogP contribution is 2.25. The molecule has 0 bridgehead atoms. The zero-order valence-electron chi connectivity index (χ0n) is 10.3. The van der Waals surface area contributed by atoms with Gasteiger partial charge >= 0.3 is 5.97 Å². The number of nitrogens with one attached hydrogen (secondary N) is 1. The van der Waals surface area contributed by atoms with E-state index in [0.717, 1.165) is 22.2 Å². The maximum absolute atomic E-state index is 11.6. The Labute approximate surface area is 114 Å². The minimum absolute atomic E-state index is 0.345. The first kappa shape index (κ1) is 12.9. The SMILES string of the molecule is CCOC(=O)/C(Br)=C/c1c(C)[nH]c2ccccc12. The standard InChI is InChI=1S/C14H14BrNO2/c1-3-18-14(17)12(15)8-11-9(2)16-13-7-5-4-6-10(11)13/h4-8,16H,3H2,1-2H3/b12-8-. The summed E-state index contributed by atoms with van der Waals surface area (Å²) in [6.07, 6.45) is 1.80. The molecule has 0 atom stereocenters. The Balaban J connectivity index is 2.45. The number of aromatic amines is 1. The van der Waals surface area contributed by atoms with Gasteiger partial charge in [-0.3, -0.25) is 0 Å². The van der Waals surface area contributed by atoms with Crippen LogP contribution in [0.3, 0.4) is 0 Å². The molecule has 0 saturated heterocycles. The van der Waals surface area contributed by atoms with E-state index in [1.54, 1.807) is 13.0 Å². The molecule has 0 aliphatic carbocycles. The molecule has 0 spiro atoms. The monoisotopic (exact) mass is 307 g/mol. The van der Waals surface area contributed by atoms with E-state index in [-0.39, 0.29) is 5.97 Å². The van der Waals surface area contributed by atoms with Gasteiger partial charge < -0.3 is 9.72 Å². The van der Waals surface area contributed by atoms with Gasteiger partial charge in [-0.05, 0) is 41.9 Å². The summed E-state index contributed by atoms with van der Waals surface area (Å²) in [5.74, 6) is -0.345. The molecule has 4 heteroatoms. The van der Waals surface area contributed by atoms with Gasteiger partial charge in [-0.25, -0.2) is 4.79 Å². The van der Waals surface area contributed by atoms with Crippen LogP contribution in [-0.2, 0) is 9.53 Å². The van der Waals surface area contributed by atoms with E-state index in [1.165, 1.54) is 0 Å². The lowest BCUT2D eigenvalue weighted by Gasteiger charge is -2.00. The summed E-state index contributed by atoms with van der Waals surface area (Å²) in [6.45, 7) is 4.14. The van der Waals surface area contributed by atoms with E-state index in [9.17, 15) is 4.79 Å². The van der Waals surface area contributed by atoms with Crippen molar-refractivity contribution >= 4 is 38.9 Å². The molecule has 2 aromatic rings. The van der Waals surface area contributed by atoms with Crippen LogP contribution in [0.25, 0.3) is 17.0 Å². The van der Waals surface area contributed by atoms with Gasteiger partial charge in [0.1, 0.15) is 4.48 Å². The number of para-hydroxylation sites is 1. The molecule has 18 heavy (non-hydrogen) atoms. The fourth-order valence-corrected chi connectivity index (χ4v) is 2.21. The number of carbonyl (C=O) groups is 1. The number of halogens is 1. The molecule has 0 aliphatic rings. The highest BCUT2D eigenvalue weighted by atomic mass is 79.9. The summed E-state index contributed by atoms with van der Waals surface area (Å²) in [4.78, 5) is 14.9. The van der Waals surface area contributed by atoms with E-state index in [0.29, 0.717) is 11.1 Å². The first-order chi connectivity index (χ1) is 8.63. The Morgan fingerprint density at radius 2 is 2.17 bits per heavy atom. The van der Waals surface area contributed by atoms with Crippen molar-refractivity contribution in [2.45, 2.75) is 13.8 Å². The predicted octanol–water partition coefficient (Wildman–Crippen LogP) is 3.78. The van der Waals surface area contributed by atoms with Gasteiger partial charge in [-0.15, -0.1) is 0 Å². The Morgan fingerprint density at radius 3 is 2.89 bits per heavy atom. The lowest BCUT2D eigenvalue weighted by molar-refractivity contribution is -0.137. The van der Waals surface area contributed by atoms with Crippen LogP contribution < -0.4 is 0 Å². The van der Waals surface area contributed by atoms with Crippen molar-refractivity contribution in [2.75, 3.05) is 6.61 Å². The molecule has 0 radical (unpaired) electrons. The van der Waals surface area contributed by atoms with Crippen molar-refractivity contribution in [3.8, 4) is 0 Å². The molecule has 1 N–H and O–H groups in total. The number of aryl methyl sites for hydroxylation is 1. The summed E-state index contributed by atoms with van der Waals surface area (Å²) in [5.41, 5.74) is 3.09. The average molecular weight is 308 g/mol. The third kappa shape index (κ3) is 2.48. The lowest BCUT2D eigenvalue weighted by Crippen LogP contribution is -2.03. The third-order valence-electron chi connectivity index (χ3n) is 2.68. The van der Waals surface area contributed by atoms with Gasteiger partial charge in [0.15, 0.2) is 0 Å². The second kappa shape index (κ2) is 5.40. The molecule has 1 aromatic carbocycles. The van der Waals surface area contributed by atoms with Crippen LogP contribution in [0.2, 0.25) is 0 Å². The fraction of sp³-hybridized carbons (Fsp3) is 0.214. The molecule has 0 amide bonds. The number of hydrogen-bond donors (Lipinski definition) is 1. The molecular formula is C14H14BrNO2. The van der Waals surface area contributed by atoms with E-state index >= 15 is 0 Å². The zero-order valence-corrected chi connectivity index (χ0v) is 11.9. The van der Waals surface area contributed by atoms with Crippen LogP contribution in [0.4, 0.5) is 0 Å². The van der Waals surface area contributed by atoms with Crippen molar-refractivity contribution in [3.63, 3.8) is 0 Å². The largest absolute Gasteiger partial charge is 0.462 e. The number of aromatic nitrogens is 1. The predicted molar refractivity (Wildman–Crippen MR) is 76.6 cm³/mol. The molecular weight excluding hydrogens is 294 g/mol. The zero-order chi connectivity index (χ0) is 13.1. The quantitative estimate of drug-likeness (QED) is 0.692. The molecule has 94 valence electrons. The van der Waals surface area contributed by atoms with Crippen molar-refractivity contribution in [2.24, 2.45) is 0 Å². The number of hydrogen-bond acceptors (Lipinski definition) is 2. The smallest absolute Gasteiger partial charge is 0.345 e. The van der Waals surface area contributed by atoms with Gasteiger partial charge in [-0.1, -0.05) is 18.2 Å². The molecule has 0 aliphatic heterocycles. The minimum atomic E-state index is -0.345. The van der Waals surface area contributed by atoms with E-state index in [4.69, 9.17) is 4.74 Å². The van der Waals surface area contributed by atoms with Crippen molar-refractivity contribution in [1.29, 1.82) is 0 Å². The van der Waals surface area contributed by atoms with Gasteiger partial charge in [0.25, 0.3) is 0 Å². The summed E-state index contributed by atoms with van der Waals surface area (Å²) < 4.78 is 5.37. The van der Waals surface area contributed by atoms with Gasteiger partial charge in [0, 0.05) is 22.2 Å². The Hall–Kier alpha value is -1.55. The Bertz CT molecular complexity index is 613. The number of carbonyl (C=O) groups excluding carboxylic acids is 1. The maximum atomic E-state index is 11.6. The third-order valence-corrected chi connectivity index (χ3v) is 3.24. The van der Waals surface area contributed by atoms with Crippen LogP contribution in [-0.4, -0.2) is 17.6 Å². The summed E-state index contributed by atoms with van der Waals surface area (Å²) in [7, 11) is 0. The summed E-state index contributed by atoms with van der Waals surface area (Å²) in [5, 5.41) is 1.09. The lowest BCUT2D eigenvalue weighted by atomic mass is 10.1. The second-order valence-corrected chi connectivity index (χ2v) is 4.78. The Kier molecular flexibility index (Phi) is 3.87. The maximum Gasteiger partial charge on any atom is 0.345 e. The van der Waals surface area contributed by atoms with E-state index in [2.05, 4.69) is 20.9 Å². The van der Waals surface area contributed by atoms with Crippen LogP contribution >= 0.6 is 15.9 Å². The number of rotatable bonds is 3. The molecule has 0 fully saturated rings. The van der Waals surface area contributed by atoms with Crippen LogP contribution in [0.15, 0.2) is 28.7 Å². The number of esters is 1. The number of H-pyrrole nitrogens is 1. The van der Waals surface area contributed by atoms with Gasteiger partial charge in [-0.2, -0.15) is 0 Å². The average Bonchev–Trinajstić information content (AvgIpc) is 2.66. The van der Waals surface area contributed by atoms with Crippen molar-refractivity contribution in [3.05, 3.63) is 40.0 Å². The number of fused-ring (bicyclic) bond motifs is 1. The van der Waals surface area contributed by atoms with Gasteiger partial charge in [0.05, 0.1) is 6.61 Å². The molecule has 0 unspecified atom stereocenters. The number of benzene rings is 1. The highest BCUT2D eigenvalue weighted by molar-refractivity contribution is 9.12. The molecule has 1 heterocycles. The van der Waals surface area contributed by atoms with Crippen LogP contribution in [0.5, 0.6) is 0 Å². The van der Waals surface area contributed by atoms with E-state index in [1.807, 2.05) is 31.2 Å². The highest BCUT2D eigenvalue weighted by Gasteiger charge is 2.10. The normalized spacial score (nSPS) is 11.8. The number of ether oxygens (including phenoxy) is 1. The van der Waals surface area contributed by atoms with Crippen LogP contribution in [0.1, 0.15) is 18.2 Å². The topological polar surface area (TPSA) is 42.1 Å². The second-order valence-electron chi connectivity index (χ2n) is 3.92. The van der Waals surface area contributed by atoms with Crippen LogP contribution in [0, 0.1) is 6.92 Å². The minimum Gasteiger partial charge on any atom is -0.462 e. The van der Waals surface area contributed by atoms with Crippen molar-refractivity contribution < 1.29 is 9.53 Å². The van der Waals surface area contributed by atoms with Crippen molar-refractivity contribution in [1.82, 2.24) is 4.98 Å². The summed E-state index contributed by atoms with van der Waals surface area (Å²) in [6, 6.07) is 7.99. The molecule has 3 nitrogen and oxygen atoms in total. The fourth-order valence-electron chi connectivity index (χ4n) is 1.87. The van der Waals surface area contributed by atoms with E-state index < -0.39 is 0 Å². The van der Waals surface area contributed by atoms with Gasteiger partial charge in [0.2, 0.25) is 0 Å². The molecule has 2 rings (SSSR count). The Morgan fingerprint density at radius 1 is 1.44 bits per heavy atom. The first-order valence-corrected chi connectivity index (χ1v) is 6.54.